The van der Waals surface area contributed by atoms with E-state index in [-0.39, 0.29) is 0 Å². The maximum absolute atomic E-state index is 5.42. The summed E-state index contributed by atoms with van der Waals surface area (Å²) in [6.07, 6.45) is 1.81. The quantitative estimate of drug-likeness (QED) is 0.833. The van der Waals surface area contributed by atoms with E-state index in [1.165, 1.54) is 22.4 Å². The van der Waals surface area contributed by atoms with E-state index < -0.39 is 0 Å². The number of aromatic nitrogens is 2. The summed E-state index contributed by atoms with van der Waals surface area (Å²) in [5, 5.41) is 3.34. The van der Waals surface area contributed by atoms with Gasteiger partial charge in [-0.2, -0.15) is 0 Å². The van der Waals surface area contributed by atoms with E-state index in [1.54, 1.807) is 0 Å². The molecule has 3 nitrogen and oxygen atoms in total. The van der Waals surface area contributed by atoms with Crippen molar-refractivity contribution in [2.75, 3.05) is 6.54 Å². The minimum atomic E-state index is 0.741. The molecular weight excluding hydrogens is 266 g/mol. The second-order valence-corrected chi connectivity index (χ2v) is 5.85. The van der Waals surface area contributed by atoms with Gasteiger partial charge in [0.05, 0.1) is 0 Å². The molecule has 4 heteroatoms. The summed E-state index contributed by atoms with van der Waals surface area (Å²) in [4.78, 5) is 8.02. The highest BCUT2D eigenvalue weighted by Gasteiger charge is 2.13. The highest BCUT2D eigenvalue weighted by molar-refractivity contribution is 7.71. The zero-order chi connectivity index (χ0) is 14.1. The van der Waals surface area contributed by atoms with Gasteiger partial charge in [-0.1, -0.05) is 30.4 Å². The van der Waals surface area contributed by atoms with Gasteiger partial charge in [-0.05, 0) is 30.5 Å². The lowest BCUT2D eigenvalue weighted by atomic mass is 10.0. The van der Waals surface area contributed by atoms with Crippen molar-refractivity contribution in [3.63, 3.8) is 0 Å². The number of fused-ring (bicyclic) bond motifs is 1. The average molecular weight is 285 g/mol. The third kappa shape index (κ3) is 2.67. The van der Waals surface area contributed by atoms with Crippen LogP contribution in [0.5, 0.6) is 0 Å². The first-order chi connectivity index (χ1) is 9.63. The molecule has 0 bridgehead atoms. The van der Waals surface area contributed by atoms with Gasteiger partial charge in [-0.25, -0.2) is 4.98 Å². The van der Waals surface area contributed by atoms with Gasteiger partial charge in [0.2, 0.25) is 0 Å². The molecule has 0 spiro atoms. The topological polar surface area (TPSA) is 40.7 Å². The lowest BCUT2D eigenvalue weighted by Gasteiger charge is -2.17. The Bertz CT molecular complexity index is 703. The molecule has 104 valence electrons. The predicted molar refractivity (Wildman–Crippen MR) is 83.6 cm³/mol. The molecule has 2 heterocycles. The van der Waals surface area contributed by atoms with Gasteiger partial charge in [0.15, 0.2) is 0 Å². The van der Waals surface area contributed by atoms with Crippen molar-refractivity contribution in [1.29, 1.82) is 0 Å². The van der Waals surface area contributed by atoms with Crippen LogP contribution in [0.2, 0.25) is 0 Å². The maximum atomic E-state index is 5.42. The van der Waals surface area contributed by atoms with Gasteiger partial charge in [-0.3, -0.25) is 0 Å². The fourth-order valence-electron chi connectivity index (χ4n) is 2.61. The molecule has 20 heavy (non-hydrogen) atoms. The van der Waals surface area contributed by atoms with Crippen LogP contribution < -0.4 is 5.32 Å². The summed E-state index contributed by atoms with van der Waals surface area (Å²) in [6.45, 7) is 6.12. The van der Waals surface area contributed by atoms with Crippen LogP contribution in [-0.4, -0.2) is 16.5 Å². The highest BCUT2D eigenvalue weighted by atomic mass is 32.1. The fourth-order valence-corrected chi connectivity index (χ4v) is 2.92. The summed E-state index contributed by atoms with van der Waals surface area (Å²) in [5.41, 5.74) is 6.34. The summed E-state index contributed by atoms with van der Waals surface area (Å²) >= 11 is 5.42. The molecule has 0 aliphatic carbocycles. The fraction of sp³-hybridized carbons (Fsp3) is 0.375. The van der Waals surface area contributed by atoms with Crippen LogP contribution in [-0.2, 0) is 19.4 Å². The molecule has 1 aliphatic heterocycles. The van der Waals surface area contributed by atoms with E-state index in [2.05, 4.69) is 47.3 Å². The number of nitrogens with zero attached hydrogens (tertiary/aromatic N) is 1. The Labute approximate surface area is 124 Å². The van der Waals surface area contributed by atoms with Crippen LogP contribution in [0.15, 0.2) is 18.2 Å². The molecule has 0 unspecified atom stereocenters. The first kappa shape index (κ1) is 13.5. The summed E-state index contributed by atoms with van der Waals surface area (Å²) < 4.78 is 0.741. The van der Waals surface area contributed by atoms with Gasteiger partial charge < -0.3 is 10.3 Å². The zero-order valence-corrected chi connectivity index (χ0v) is 12.7. The molecule has 2 N–H and O–H groups in total. The molecule has 1 aromatic heterocycles. The Morgan fingerprint density at radius 1 is 1.25 bits per heavy atom. The monoisotopic (exact) mass is 285 g/mol. The Balaban J connectivity index is 1.93. The molecule has 2 aromatic rings. The smallest absolute Gasteiger partial charge is 0.134 e. The van der Waals surface area contributed by atoms with E-state index in [1.807, 2.05) is 0 Å². The number of hydrogen-bond donors (Lipinski definition) is 2. The molecule has 1 aromatic carbocycles. The number of hydrogen-bond acceptors (Lipinski definition) is 3. The number of aryl methyl sites for hydroxylation is 2. The lowest BCUT2D eigenvalue weighted by molar-refractivity contribution is 0.619. The van der Waals surface area contributed by atoms with Crippen LogP contribution in [0.25, 0.3) is 0 Å². The SMILES string of the molecule is Cc1ccc(Cc2nc(=S)c3c([nH]2)CCNC3)cc1C. The Kier molecular flexibility index (Phi) is 3.68. The molecule has 0 saturated carbocycles. The molecule has 3 rings (SSSR count). The molecule has 1 aliphatic rings. The molecule has 0 fully saturated rings. The largest absolute Gasteiger partial charge is 0.346 e. The molecule has 0 amide bonds. The Morgan fingerprint density at radius 3 is 2.90 bits per heavy atom. The standard InChI is InChI=1S/C16H19N3S/c1-10-3-4-12(7-11(10)2)8-15-18-14-5-6-17-9-13(14)16(20)19-15/h3-4,7,17H,5-6,8-9H2,1-2H3,(H,18,19,20). The number of rotatable bonds is 2. The van der Waals surface area contributed by atoms with Crippen LogP contribution in [0.1, 0.15) is 33.8 Å². The first-order valence-electron chi connectivity index (χ1n) is 7.01. The first-order valence-corrected chi connectivity index (χ1v) is 7.42. The summed E-state index contributed by atoms with van der Waals surface area (Å²) in [5.74, 6) is 0.971. The van der Waals surface area contributed by atoms with E-state index in [0.717, 1.165) is 42.0 Å². The van der Waals surface area contributed by atoms with Crippen molar-refractivity contribution in [3.05, 3.63) is 56.6 Å². The van der Waals surface area contributed by atoms with Crippen LogP contribution in [0.4, 0.5) is 0 Å². The Hall–Kier alpha value is -1.52. The number of H-pyrrole nitrogens is 1. The van der Waals surface area contributed by atoms with Gasteiger partial charge >= 0.3 is 0 Å². The van der Waals surface area contributed by atoms with Crippen molar-refractivity contribution in [3.8, 4) is 0 Å². The van der Waals surface area contributed by atoms with Crippen molar-refractivity contribution < 1.29 is 0 Å². The predicted octanol–water partition coefficient (Wildman–Crippen LogP) is 2.99. The van der Waals surface area contributed by atoms with Crippen molar-refractivity contribution in [2.24, 2.45) is 0 Å². The van der Waals surface area contributed by atoms with Crippen molar-refractivity contribution >= 4 is 12.2 Å². The zero-order valence-electron chi connectivity index (χ0n) is 11.9. The third-order valence-electron chi connectivity index (χ3n) is 3.95. The van der Waals surface area contributed by atoms with E-state index in [4.69, 9.17) is 12.2 Å². The van der Waals surface area contributed by atoms with Gasteiger partial charge in [0, 0.05) is 37.2 Å². The highest BCUT2D eigenvalue weighted by Crippen LogP contribution is 2.16. The third-order valence-corrected chi connectivity index (χ3v) is 4.29. The Morgan fingerprint density at radius 2 is 2.10 bits per heavy atom. The maximum Gasteiger partial charge on any atom is 0.134 e. The van der Waals surface area contributed by atoms with Crippen LogP contribution in [0.3, 0.4) is 0 Å². The number of aromatic amines is 1. The van der Waals surface area contributed by atoms with E-state index in [0.29, 0.717) is 0 Å². The average Bonchev–Trinajstić information content (AvgIpc) is 2.43. The van der Waals surface area contributed by atoms with Crippen molar-refractivity contribution in [1.82, 2.24) is 15.3 Å². The normalized spacial score (nSPS) is 14.1. The lowest BCUT2D eigenvalue weighted by Crippen LogP contribution is -2.26. The van der Waals surface area contributed by atoms with Crippen LogP contribution in [0, 0.1) is 18.5 Å². The molecule has 0 saturated heterocycles. The van der Waals surface area contributed by atoms with Gasteiger partial charge in [0.25, 0.3) is 0 Å². The summed E-state index contributed by atoms with van der Waals surface area (Å²) in [7, 11) is 0. The minimum Gasteiger partial charge on any atom is -0.346 e. The van der Waals surface area contributed by atoms with Gasteiger partial charge in [-0.15, -0.1) is 0 Å². The second kappa shape index (κ2) is 5.46. The molecule has 0 atom stereocenters. The molecular formula is C16H19N3S. The van der Waals surface area contributed by atoms with E-state index >= 15 is 0 Å². The molecule has 0 radical (unpaired) electrons. The van der Waals surface area contributed by atoms with E-state index in [9.17, 15) is 0 Å². The van der Waals surface area contributed by atoms with Gasteiger partial charge in [0.1, 0.15) is 10.5 Å². The number of nitrogens with one attached hydrogen (secondary N) is 2. The van der Waals surface area contributed by atoms with Crippen molar-refractivity contribution in [2.45, 2.75) is 33.2 Å². The minimum absolute atomic E-state index is 0.741. The number of benzene rings is 1. The van der Waals surface area contributed by atoms with Crippen LogP contribution >= 0.6 is 12.2 Å². The summed E-state index contributed by atoms with van der Waals surface area (Å²) in [6, 6.07) is 6.57. The second-order valence-electron chi connectivity index (χ2n) is 5.47.